The molecule has 2 heterocycles. The number of pyridine rings is 1. The standard InChI is InChI=1S/C14H19N3O2S2/c1-3-11-5-6-12(20-11)9-17-21(18,19)14-10-15-8-7-13(14)16-4-2/h5-8,10,17H,3-4,9H2,1-2H3,(H,15,16). The zero-order valence-electron chi connectivity index (χ0n) is 12.1. The smallest absolute Gasteiger partial charge is 0.244 e. The van der Waals surface area contributed by atoms with Gasteiger partial charge in [0.1, 0.15) is 4.90 Å². The lowest BCUT2D eigenvalue weighted by molar-refractivity contribution is 0.581. The van der Waals surface area contributed by atoms with Crippen LogP contribution in [-0.4, -0.2) is 19.9 Å². The van der Waals surface area contributed by atoms with Gasteiger partial charge in [0, 0.05) is 35.2 Å². The molecule has 2 aromatic rings. The fourth-order valence-corrected chi connectivity index (χ4v) is 4.00. The summed E-state index contributed by atoms with van der Waals surface area (Å²) in [5.41, 5.74) is 0.570. The maximum atomic E-state index is 12.4. The maximum Gasteiger partial charge on any atom is 0.244 e. The SMILES string of the molecule is CCNc1ccncc1S(=O)(=O)NCc1ccc(CC)s1. The molecule has 0 radical (unpaired) electrons. The lowest BCUT2D eigenvalue weighted by Gasteiger charge is -2.11. The average Bonchev–Trinajstić information content (AvgIpc) is 2.94. The van der Waals surface area contributed by atoms with E-state index >= 15 is 0 Å². The Bertz CT molecular complexity index is 696. The van der Waals surface area contributed by atoms with Crippen molar-refractivity contribution in [2.75, 3.05) is 11.9 Å². The van der Waals surface area contributed by atoms with Gasteiger partial charge < -0.3 is 5.32 Å². The summed E-state index contributed by atoms with van der Waals surface area (Å²) >= 11 is 1.63. The number of hydrogen-bond acceptors (Lipinski definition) is 5. The van der Waals surface area contributed by atoms with E-state index in [0.29, 0.717) is 18.8 Å². The number of nitrogens with one attached hydrogen (secondary N) is 2. The van der Waals surface area contributed by atoms with E-state index in [4.69, 9.17) is 0 Å². The van der Waals surface area contributed by atoms with Crippen LogP contribution in [0.2, 0.25) is 0 Å². The van der Waals surface area contributed by atoms with E-state index in [9.17, 15) is 8.42 Å². The molecular formula is C14H19N3O2S2. The predicted octanol–water partition coefficient (Wildman–Crippen LogP) is 2.62. The normalized spacial score (nSPS) is 11.5. The second-order valence-electron chi connectivity index (χ2n) is 4.45. The van der Waals surface area contributed by atoms with Crippen LogP contribution in [0.15, 0.2) is 35.5 Å². The summed E-state index contributed by atoms with van der Waals surface area (Å²) in [6.45, 7) is 4.95. The summed E-state index contributed by atoms with van der Waals surface area (Å²) in [5.74, 6) is 0. The molecule has 0 aliphatic rings. The third-order valence-corrected chi connectivity index (χ3v) is 5.60. The Hall–Kier alpha value is -1.44. The van der Waals surface area contributed by atoms with Crippen LogP contribution in [0.3, 0.4) is 0 Å². The van der Waals surface area contributed by atoms with Crippen LogP contribution in [0.5, 0.6) is 0 Å². The average molecular weight is 325 g/mol. The van der Waals surface area contributed by atoms with Crippen molar-refractivity contribution in [3.63, 3.8) is 0 Å². The number of sulfonamides is 1. The number of nitrogens with zero attached hydrogens (tertiary/aromatic N) is 1. The van der Waals surface area contributed by atoms with Crippen LogP contribution in [0.1, 0.15) is 23.6 Å². The Labute approximate surface area is 129 Å². The van der Waals surface area contributed by atoms with Crippen LogP contribution < -0.4 is 10.0 Å². The first-order valence-electron chi connectivity index (χ1n) is 6.82. The minimum Gasteiger partial charge on any atom is -0.384 e. The first-order valence-corrected chi connectivity index (χ1v) is 9.12. The molecule has 0 aliphatic heterocycles. The van der Waals surface area contributed by atoms with Gasteiger partial charge in [0.05, 0.1) is 5.69 Å². The fourth-order valence-electron chi connectivity index (χ4n) is 1.88. The van der Waals surface area contributed by atoms with Gasteiger partial charge in [-0.05, 0) is 31.5 Å². The van der Waals surface area contributed by atoms with Gasteiger partial charge in [0.15, 0.2) is 0 Å². The van der Waals surface area contributed by atoms with Gasteiger partial charge in [-0.3, -0.25) is 4.98 Å². The molecule has 5 nitrogen and oxygen atoms in total. The number of aryl methyl sites for hydroxylation is 1. The van der Waals surface area contributed by atoms with Crippen molar-refractivity contribution in [3.8, 4) is 0 Å². The van der Waals surface area contributed by atoms with Crippen LogP contribution in [0, 0.1) is 0 Å². The predicted molar refractivity (Wildman–Crippen MR) is 86.1 cm³/mol. The minimum absolute atomic E-state index is 0.180. The van der Waals surface area contributed by atoms with E-state index < -0.39 is 10.0 Å². The van der Waals surface area contributed by atoms with Gasteiger partial charge in [-0.2, -0.15) is 0 Å². The third-order valence-electron chi connectivity index (χ3n) is 2.94. The van der Waals surface area contributed by atoms with Gasteiger partial charge in [-0.15, -0.1) is 11.3 Å². The largest absolute Gasteiger partial charge is 0.384 e. The highest BCUT2D eigenvalue weighted by Gasteiger charge is 2.18. The number of rotatable bonds is 7. The molecule has 0 aliphatic carbocycles. The molecule has 0 bridgehead atoms. The Morgan fingerprint density at radius 3 is 2.62 bits per heavy atom. The number of thiophene rings is 1. The molecule has 0 saturated carbocycles. The Morgan fingerprint density at radius 2 is 1.95 bits per heavy atom. The van der Waals surface area contributed by atoms with Crippen molar-refractivity contribution in [2.45, 2.75) is 31.7 Å². The van der Waals surface area contributed by atoms with Gasteiger partial charge in [-0.1, -0.05) is 6.92 Å². The molecule has 0 spiro atoms. The first-order chi connectivity index (χ1) is 10.1. The first kappa shape index (κ1) is 15.9. The summed E-state index contributed by atoms with van der Waals surface area (Å²) in [6, 6.07) is 5.65. The van der Waals surface area contributed by atoms with Crippen LogP contribution in [0.25, 0.3) is 0 Å². The molecule has 2 N–H and O–H groups in total. The molecule has 21 heavy (non-hydrogen) atoms. The highest BCUT2D eigenvalue weighted by molar-refractivity contribution is 7.89. The highest BCUT2D eigenvalue weighted by Crippen LogP contribution is 2.21. The molecule has 2 aromatic heterocycles. The highest BCUT2D eigenvalue weighted by atomic mass is 32.2. The molecule has 7 heteroatoms. The lowest BCUT2D eigenvalue weighted by Crippen LogP contribution is -2.24. The monoisotopic (exact) mass is 325 g/mol. The van der Waals surface area contributed by atoms with Gasteiger partial charge in [0.2, 0.25) is 10.0 Å². The maximum absolute atomic E-state index is 12.4. The Morgan fingerprint density at radius 1 is 1.19 bits per heavy atom. The third kappa shape index (κ3) is 4.03. The van der Waals surface area contributed by atoms with Crippen molar-refractivity contribution in [3.05, 3.63) is 40.3 Å². The molecule has 0 saturated heterocycles. The molecule has 0 unspecified atom stereocenters. The van der Waals surface area contributed by atoms with Crippen LogP contribution >= 0.6 is 11.3 Å². The Kier molecular flexibility index (Phi) is 5.33. The van der Waals surface area contributed by atoms with Gasteiger partial charge in [0.25, 0.3) is 0 Å². The number of hydrogen-bond donors (Lipinski definition) is 2. The van der Waals surface area contributed by atoms with Crippen LogP contribution in [-0.2, 0) is 23.0 Å². The van der Waals surface area contributed by atoms with E-state index in [0.717, 1.165) is 11.3 Å². The molecular weight excluding hydrogens is 306 g/mol. The van der Waals surface area contributed by atoms with E-state index in [1.54, 1.807) is 23.6 Å². The topological polar surface area (TPSA) is 71.1 Å². The molecule has 0 amide bonds. The zero-order valence-corrected chi connectivity index (χ0v) is 13.7. The molecule has 114 valence electrons. The summed E-state index contributed by atoms with van der Waals surface area (Å²) < 4.78 is 27.4. The van der Waals surface area contributed by atoms with Gasteiger partial charge >= 0.3 is 0 Å². The zero-order chi connectivity index (χ0) is 15.3. The van der Waals surface area contributed by atoms with Gasteiger partial charge in [-0.25, -0.2) is 13.1 Å². The van der Waals surface area contributed by atoms with E-state index in [1.165, 1.54) is 11.1 Å². The second-order valence-corrected chi connectivity index (χ2v) is 7.44. The van der Waals surface area contributed by atoms with Crippen molar-refractivity contribution in [1.82, 2.24) is 9.71 Å². The molecule has 0 aromatic carbocycles. The summed E-state index contributed by atoms with van der Waals surface area (Å²) in [5, 5.41) is 3.04. The quantitative estimate of drug-likeness (QED) is 0.821. The Balaban J connectivity index is 2.14. The summed E-state index contributed by atoms with van der Waals surface area (Å²) in [7, 11) is -3.58. The van der Waals surface area contributed by atoms with E-state index in [2.05, 4.69) is 21.9 Å². The van der Waals surface area contributed by atoms with Crippen molar-refractivity contribution >= 4 is 27.0 Å². The fraction of sp³-hybridized carbons (Fsp3) is 0.357. The summed E-state index contributed by atoms with van der Waals surface area (Å²) in [4.78, 5) is 6.34. The lowest BCUT2D eigenvalue weighted by atomic mass is 10.4. The molecule has 0 fully saturated rings. The van der Waals surface area contributed by atoms with E-state index in [-0.39, 0.29) is 4.90 Å². The molecule has 2 rings (SSSR count). The van der Waals surface area contributed by atoms with E-state index in [1.807, 2.05) is 19.1 Å². The van der Waals surface area contributed by atoms with Crippen molar-refractivity contribution in [2.24, 2.45) is 0 Å². The van der Waals surface area contributed by atoms with Crippen molar-refractivity contribution in [1.29, 1.82) is 0 Å². The van der Waals surface area contributed by atoms with Crippen molar-refractivity contribution < 1.29 is 8.42 Å². The minimum atomic E-state index is -3.58. The number of aromatic nitrogens is 1. The molecule has 0 atom stereocenters. The van der Waals surface area contributed by atoms with Crippen LogP contribution in [0.4, 0.5) is 5.69 Å². The second kappa shape index (κ2) is 7.02. The summed E-state index contributed by atoms with van der Waals surface area (Å²) in [6.07, 6.45) is 3.90. The number of anilines is 1.